The molecule has 2 aliphatic heterocycles. The van der Waals surface area contributed by atoms with Gasteiger partial charge in [-0.15, -0.1) is 0 Å². The minimum Gasteiger partial charge on any atom is -0.464 e. The molecule has 160 valence electrons. The first kappa shape index (κ1) is 21.6. The van der Waals surface area contributed by atoms with Crippen LogP contribution in [0.1, 0.15) is 54.9 Å². The zero-order valence-corrected chi connectivity index (χ0v) is 17.3. The summed E-state index contributed by atoms with van der Waals surface area (Å²) >= 11 is 0. The van der Waals surface area contributed by atoms with E-state index in [0.717, 1.165) is 12.8 Å². The van der Waals surface area contributed by atoms with E-state index in [0.29, 0.717) is 56.6 Å². The van der Waals surface area contributed by atoms with Crippen LogP contribution in [0, 0.1) is 11.3 Å². The number of nitrogens with zero attached hydrogens (tertiary/aromatic N) is 3. The quantitative estimate of drug-likeness (QED) is 0.525. The van der Waals surface area contributed by atoms with Crippen LogP contribution in [0.15, 0.2) is 24.3 Å². The molecule has 0 aliphatic carbocycles. The zero-order chi connectivity index (χ0) is 21.6. The van der Waals surface area contributed by atoms with Crippen molar-refractivity contribution in [2.24, 2.45) is 0 Å². The second-order valence-corrected chi connectivity index (χ2v) is 7.78. The summed E-state index contributed by atoms with van der Waals surface area (Å²) in [5, 5.41) is 8.88. The van der Waals surface area contributed by atoms with Crippen molar-refractivity contribution < 1.29 is 23.9 Å². The van der Waals surface area contributed by atoms with E-state index >= 15 is 0 Å². The van der Waals surface area contributed by atoms with E-state index < -0.39 is 17.7 Å². The number of hydrogen-bond acceptors (Lipinski definition) is 6. The van der Waals surface area contributed by atoms with Gasteiger partial charge >= 0.3 is 12.1 Å². The molecule has 0 unspecified atom stereocenters. The molecule has 2 fully saturated rings. The highest BCUT2D eigenvalue weighted by Crippen LogP contribution is 2.34. The van der Waals surface area contributed by atoms with Gasteiger partial charge in [-0.25, -0.2) is 4.79 Å². The molecule has 0 bridgehead atoms. The Bertz CT molecular complexity index is 822. The third-order valence-corrected chi connectivity index (χ3v) is 5.70. The number of piperidine rings is 1. The molecule has 0 atom stereocenters. The van der Waals surface area contributed by atoms with Gasteiger partial charge in [-0.05, 0) is 30.7 Å². The van der Waals surface area contributed by atoms with Crippen molar-refractivity contribution in [1.82, 2.24) is 9.80 Å². The van der Waals surface area contributed by atoms with Gasteiger partial charge in [-0.2, -0.15) is 5.26 Å². The maximum Gasteiger partial charge on any atom is 0.410 e. The van der Waals surface area contributed by atoms with Crippen LogP contribution in [0.5, 0.6) is 0 Å². The van der Waals surface area contributed by atoms with Crippen molar-refractivity contribution in [3.8, 4) is 6.07 Å². The first-order valence-corrected chi connectivity index (χ1v) is 10.4. The number of amides is 2. The van der Waals surface area contributed by atoms with Crippen molar-refractivity contribution in [3.63, 3.8) is 0 Å². The Kier molecular flexibility index (Phi) is 6.93. The normalized spacial score (nSPS) is 17.9. The molecule has 3 rings (SSSR count). The fraction of sp³-hybridized carbons (Fsp3) is 0.545. The molecule has 2 saturated heterocycles. The van der Waals surface area contributed by atoms with Crippen molar-refractivity contribution >= 4 is 18.0 Å². The van der Waals surface area contributed by atoms with Gasteiger partial charge in [0, 0.05) is 44.5 Å². The first-order chi connectivity index (χ1) is 14.5. The number of likely N-dealkylation sites (tertiary alicyclic amines) is 1. The highest BCUT2D eigenvalue weighted by Gasteiger charge is 2.44. The predicted octanol–water partition coefficient (Wildman–Crippen LogP) is 2.72. The average molecular weight is 413 g/mol. The molecular weight excluding hydrogens is 386 g/mol. The van der Waals surface area contributed by atoms with Crippen molar-refractivity contribution in [2.75, 3.05) is 32.8 Å². The van der Waals surface area contributed by atoms with E-state index in [2.05, 4.69) is 0 Å². The smallest absolute Gasteiger partial charge is 0.410 e. The van der Waals surface area contributed by atoms with Crippen LogP contribution in [0.3, 0.4) is 0 Å². The fourth-order valence-electron chi connectivity index (χ4n) is 3.75. The Balaban J connectivity index is 1.49. The van der Waals surface area contributed by atoms with Gasteiger partial charge in [-0.1, -0.05) is 13.3 Å². The standard InChI is InChI=1S/C22H27N3O5/c1-2-3-14-29-19(26)16-25-13-10-22(30-21(25)28)8-11-24(12-9-22)20(27)18-6-4-17(15-23)5-7-18/h4-7H,2-3,8-14,16H2,1H3. The lowest BCUT2D eigenvalue weighted by atomic mass is 9.86. The van der Waals surface area contributed by atoms with Crippen LogP contribution in [-0.2, 0) is 14.3 Å². The minimum atomic E-state index is -0.582. The third-order valence-electron chi connectivity index (χ3n) is 5.70. The Morgan fingerprint density at radius 1 is 1.17 bits per heavy atom. The third kappa shape index (κ3) is 5.09. The number of carbonyl (C=O) groups is 3. The molecule has 1 spiro atoms. The minimum absolute atomic E-state index is 0.0899. The molecule has 0 aromatic heterocycles. The second-order valence-electron chi connectivity index (χ2n) is 7.78. The molecule has 2 aliphatic rings. The maximum atomic E-state index is 12.7. The van der Waals surface area contributed by atoms with Crippen LogP contribution in [0.2, 0.25) is 0 Å². The molecule has 0 radical (unpaired) electrons. The van der Waals surface area contributed by atoms with Crippen LogP contribution in [0.25, 0.3) is 0 Å². The highest BCUT2D eigenvalue weighted by atomic mass is 16.6. The Hall–Kier alpha value is -3.08. The first-order valence-electron chi connectivity index (χ1n) is 10.4. The maximum absolute atomic E-state index is 12.7. The summed E-state index contributed by atoms with van der Waals surface area (Å²) in [4.78, 5) is 40.1. The number of ether oxygens (including phenoxy) is 2. The van der Waals surface area contributed by atoms with Gasteiger partial charge in [0.1, 0.15) is 12.1 Å². The molecule has 8 nitrogen and oxygen atoms in total. The summed E-state index contributed by atoms with van der Waals surface area (Å²) in [5.41, 5.74) is 0.469. The zero-order valence-electron chi connectivity index (χ0n) is 17.3. The monoisotopic (exact) mass is 413 g/mol. The summed E-state index contributed by atoms with van der Waals surface area (Å²) in [6.07, 6.45) is 2.99. The fourth-order valence-corrected chi connectivity index (χ4v) is 3.75. The summed E-state index contributed by atoms with van der Waals surface area (Å²) in [6, 6.07) is 8.61. The van der Waals surface area contributed by atoms with E-state index in [4.69, 9.17) is 14.7 Å². The Morgan fingerprint density at radius 2 is 1.83 bits per heavy atom. The SMILES string of the molecule is CCCCOC(=O)CN1CCC2(CCN(C(=O)c3ccc(C#N)cc3)CC2)OC1=O. The van der Waals surface area contributed by atoms with Gasteiger partial charge in [-0.3, -0.25) is 14.5 Å². The van der Waals surface area contributed by atoms with E-state index in [1.807, 2.05) is 13.0 Å². The molecule has 0 N–H and O–H groups in total. The van der Waals surface area contributed by atoms with Crippen LogP contribution in [-0.4, -0.2) is 66.2 Å². The second kappa shape index (κ2) is 9.61. The number of carbonyl (C=O) groups excluding carboxylic acids is 3. The molecule has 1 aromatic rings. The van der Waals surface area contributed by atoms with Crippen LogP contribution < -0.4 is 0 Å². The molecule has 30 heavy (non-hydrogen) atoms. The average Bonchev–Trinajstić information content (AvgIpc) is 2.76. The lowest BCUT2D eigenvalue weighted by Gasteiger charge is -2.45. The molecule has 0 saturated carbocycles. The number of unbranched alkanes of at least 4 members (excludes halogenated alkanes) is 1. The van der Waals surface area contributed by atoms with Gasteiger partial charge in [0.25, 0.3) is 5.91 Å². The van der Waals surface area contributed by atoms with Crippen molar-refractivity contribution in [2.45, 2.75) is 44.6 Å². The number of nitriles is 1. The van der Waals surface area contributed by atoms with E-state index in [1.165, 1.54) is 4.90 Å². The van der Waals surface area contributed by atoms with Crippen molar-refractivity contribution in [1.29, 1.82) is 5.26 Å². The largest absolute Gasteiger partial charge is 0.464 e. The highest BCUT2D eigenvalue weighted by molar-refractivity contribution is 5.94. The molecule has 8 heteroatoms. The summed E-state index contributed by atoms with van der Waals surface area (Å²) in [5.74, 6) is -0.507. The molecule has 2 heterocycles. The number of hydrogen-bond donors (Lipinski definition) is 0. The van der Waals surface area contributed by atoms with Crippen molar-refractivity contribution in [3.05, 3.63) is 35.4 Å². The van der Waals surface area contributed by atoms with E-state index in [9.17, 15) is 14.4 Å². The summed E-state index contributed by atoms with van der Waals surface area (Å²) in [7, 11) is 0. The lowest BCUT2D eigenvalue weighted by molar-refractivity contribution is -0.147. The van der Waals surface area contributed by atoms with Gasteiger partial charge in [0.05, 0.1) is 18.2 Å². The predicted molar refractivity (Wildman–Crippen MR) is 108 cm³/mol. The molecule has 2 amide bonds. The molecular formula is C22H27N3O5. The van der Waals surface area contributed by atoms with Crippen LogP contribution >= 0.6 is 0 Å². The Labute approximate surface area is 176 Å². The van der Waals surface area contributed by atoms with Gasteiger partial charge in [0.15, 0.2) is 0 Å². The van der Waals surface area contributed by atoms with E-state index in [1.54, 1.807) is 29.2 Å². The van der Waals surface area contributed by atoms with E-state index in [-0.39, 0.29) is 12.5 Å². The van der Waals surface area contributed by atoms with Crippen LogP contribution in [0.4, 0.5) is 4.79 Å². The number of esters is 1. The topological polar surface area (TPSA) is 99.9 Å². The number of rotatable bonds is 6. The van der Waals surface area contributed by atoms with Gasteiger partial charge in [0.2, 0.25) is 0 Å². The Morgan fingerprint density at radius 3 is 2.43 bits per heavy atom. The lowest BCUT2D eigenvalue weighted by Crippen LogP contribution is -2.56. The molecule has 1 aromatic carbocycles. The van der Waals surface area contributed by atoms with Gasteiger partial charge < -0.3 is 14.4 Å². The summed E-state index contributed by atoms with van der Waals surface area (Å²) < 4.78 is 10.8. The number of benzene rings is 1. The summed E-state index contributed by atoms with van der Waals surface area (Å²) in [6.45, 7) is 3.70.